The molecular formula is C36H27NO6. The second-order valence-corrected chi connectivity index (χ2v) is 11.0. The van der Waals surface area contributed by atoms with Crippen LogP contribution in [-0.4, -0.2) is 42.5 Å². The van der Waals surface area contributed by atoms with Crippen LogP contribution in [-0.2, 0) is 4.79 Å². The van der Waals surface area contributed by atoms with Crippen molar-refractivity contribution in [2.75, 3.05) is 12.0 Å². The van der Waals surface area contributed by atoms with Crippen molar-refractivity contribution in [2.45, 2.75) is 24.9 Å². The molecule has 3 atom stereocenters. The predicted octanol–water partition coefficient (Wildman–Crippen LogP) is 5.94. The van der Waals surface area contributed by atoms with Crippen LogP contribution in [0.2, 0.25) is 0 Å². The molecule has 4 aromatic carbocycles. The number of ketones is 3. The van der Waals surface area contributed by atoms with Crippen LogP contribution < -0.4 is 14.4 Å². The molecule has 0 N–H and O–H groups in total. The molecular weight excluding hydrogens is 542 g/mol. The first-order chi connectivity index (χ1) is 20.9. The number of para-hydroxylation sites is 1. The summed E-state index contributed by atoms with van der Waals surface area (Å²) in [6.45, 7) is 1.31. The molecule has 7 heteroatoms. The van der Waals surface area contributed by atoms with E-state index < -0.39 is 29.4 Å². The van der Waals surface area contributed by atoms with Crippen LogP contribution in [0.4, 0.5) is 5.69 Å². The third-order valence-electron chi connectivity index (χ3n) is 8.83. The number of ether oxygens (including phenoxy) is 2. The summed E-state index contributed by atoms with van der Waals surface area (Å²) in [6, 6.07) is 26.6. The Bertz CT molecular complexity index is 1820. The Hall–Kier alpha value is -5.30. The number of hydrogen-bond acceptors (Lipinski definition) is 7. The maximum atomic E-state index is 14.8. The van der Waals surface area contributed by atoms with Gasteiger partial charge in [-0.2, -0.15) is 0 Å². The van der Waals surface area contributed by atoms with E-state index in [1.54, 1.807) is 61.7 Å². The van der Waals surface area contributed by atoms with Gasteiger partial charge in [-0.05, 0) is 53.6 Å². The van der Waals surface area contributed by atoms with Crippen molar-refractivity contribution in [3.63, 3.8) is 0 Å². The van der Waals surface area contributed by atoms with Gasteiger partial charge in [0.15, 0.2) is 17.3 Å². The molecule has 0 aromatic heterocycles. The van der Waals surface area contributed by atoms with Crippen LogP contribution in [0.25, 0.3) is 6.08 Å². The number of nitrogens with zero attached hydrogens (tertiary/aromatic N) is 1. The third kappa shape index (κ3) is 3.81. The Morgan fingerprint density at radius 2 is 1.47 bits per heavy atom. The van der Waals surface area contributed by atoms with Gasteiger partial charge >= 0.3 is 5.97 Å². The number of Topliss-reactive ketones (excluding diaryl/α,β-unsaturated/α-hetero) is 3. The summed E-state index contributed by atoms with van der Waals surface area (Å²) in [6.07, 6.45) is 3.83. The van der Waals surface area contributed by atoms with Crippen LogP contribution in [0.15, 0.2) is 103 Å². The summed E-state index contributed by atoms with van der Waals surface area (Å²) in [5, 5.41) is 0. The summed E-state index contributed by atoms with van der Waals surface area (Å²) in [5.41, 5.74) is 1.82. The van der Waals surface area contributed by atoms with E-state index in [4.69, 9.17) is 9.47 Å². The van der Waals surface area contributed by atoms with Crippen LogP contribution >= 0.6 is 0 Å². The molecule has 1 fully saturated rings. The SMILES string of the molecule is COc1cccc([C@H]2[C@H](C(=O)c3ccc(OC(C)=O)cc3)N3c4ccccc4C=CC3C23C(=O)c2ccccc2C3=O)c1. The zero-order chi connectivity index (χ0) is 29.9. The Morgan fingerprint density at radius 1 is 0.791 bits per heavy atom. The lowest BCUT2D eigenvalue weighted by Gasteiger charge is -2.37. The van der Waals surface area contributed by atoms with Crippen LogP contribution in [0.5, 0.6) is 11.5 Å². The van der Waals surface area contributed by atoms with Crippen LogP contribution in [0.3, 0.4) is 0 Å². The van der Waals surface area contributed by atoms with Gasteiger partial charge in [0.05, 0.1) is 13.2 Å². The third-order valence-corrected chi connectivity index (χ3v) is 8.83. The highest BCUT2D eigenvalue weighted by Crippen LogP contribution is 2.61. The topological polar surface area (TPSA) is 90.0 Å². The van der Waals surface area contributed by atoms with Crippen molar-refractivity contribution in [1.29, 1.82) is 0 Å². The van der Waals surface area contributed by atoms with Gasteiger partial charge in [0.1, 0.15) is 23.0 Å². The molecule has 0 radical (unpaired) electrons. The average Bonchev–Trinajstić information content (AvgIpc) is 3.47. The molecule has 2 heterocycles. The quantitative estimate of drug-likeness (QED) is 0.127. The van der Waals surface area contributed by atoms with Crippen molar-refractivity contribution in [1.82, 2.24) is 0 Å². The molecule has 2 aliphatic heterocycles. The summed E-state index contributed by atoms with van der Waals surface area (Å²) < 4.78 is 10.7. The van der Waals surface area contributed by atoms with E-state index >= 15 is 0 Å². The molecule has 4 aromatic rings. The van der Waals surface area contributed by atoms with Crippen molar-refractivity contribution in [2.24, 2.45) is 5.41 Å². The van der Waals surface area contributed by atoms with Crippen LogP contribution in [0, 0.1) is 5.41 Å². The monoisotopic (exact) mass is 569 g/mol. The van der Waals surface area contributed by atoms with E-state index in [2.05, 4.69) is 0 Å². The summed E-state index contributed by atoms with van der Waals surface area (Å²) in [7, 11) is 1.56. The summed E-state index contributed by atoms with van der Waals surface area (Å²) in [4.78, 5) is 57.7. The van der Waals surface area contributed by atoms with Gasteiger partial charge < -0.3 is 14.4 Å². The smallest absolute Gasteiger partial charge is 0.308 e. The van der Waals surface area contributed by atoms with Gasteiger partial charge in [0.25, 0.3) is 0 Å². The first-order valence-electron chi connectivity index (χ1n) is 14.1. The van der Waals surface area contributed by atoms with Crippen LogP contribution in [0.1, 0.15) is 55.0 Å². The highest BCUT2D eigenvalue weighted by Gasteiger charge is 2.71. The van der Waals surface area contributed by atoms with E-state index in [1.165, 1.54) is 6.92 Å². The maximum Gasteiger partial charge on any atom is 0.308 e. The number of esters is 1. The van der Waals surface area contributed by atoms with Crippen molar-refractivity contribution >= 4 is 35.1 Å². The van der Waals surface area contributed by atoms with Gasteiger partial charge in [0.2, 0.25) is 0 Å². The lowest BCUT2D eigenvalue weighted by Crippen LogP contribution is -2.48. The second kappa shape index (κ2) is 9.91. The lowest BCUT2D eigenvalue weighted by molar-refractivity contribution is -0.131. The Labute approximate surface area is 248 Å². The average molecular weight is 570 g/mol. The van der Waals surface area contributed by atoms with Gasteiger partial charge in [0, 0.05) is 35.2 Å². The van der Waals surface area contributed by atoms with Gasteiger partial charge in [-0.3, -0.25) is 19.2 Å². The highest BCUT2D eigenvalue weighted by molar-refractivity contribution is 6.32. The minimum atomic E-state index is -1.60. The Kier molecular flexibility index (Phi) is 6.13. The number of carbonyl (C=O) groups is 4. The van der Waals surface area contributed by atoms with Crippen molar-refractivity contribution in [3.8, 4) is 11.5 Å². The number of methoxy groups -OCH3 is 1. The molecule has 0 amide bonds. The Morgan fingerprint density at radius 3 is 2.14 bits per heavy atom. The van der Waals surface area contributed by atoms with E-state index in [-0.39, 0.29) is 17.3 Å². The molecule has 43 heavy (non-hydrogen) atoms. The normalized spacial score (nSPS) is 20.9. The number of anilines is 1. The zero-order valence-corrected chi connectivity index (χ0v) is 23.5. The number of fused-ring (bicyclic) bond motifs is 5. The fourth-order valence-electron chi connectivity index (χ4n) is 7.15. The molecule has 1 saturated heterocycles. The van der Waals surface area contributed by atoms with Gasteiger partial charge in [-0.25, -0.2) is 0 Å². The number of carbonyl (C=O) groups excluding carboxylic acids is 4. The Balaban J connectivity index is 1.49. The standard InChI is InChI=1S/C36H27NO6/c1-21(38)43-25-17-14-23(15-18-25)33(39)32-31(24-9-7-10-26(20-24)42-2)36(34(40)27-11-4-5-12-28(27)35(36)41)30-19-16-22-8-3-6-13-29(22)37(30)32/h3-20,30-32H,1-2H3/t30?,31-,32+/m0/s1. The second-order valence-electron chi connectivity index (χ2n) is 11.0. The highest BCUT2D eigenvalue weighted by atomic mass is 16.5. The molecule has 212 valence electrons. The van der Waals surface area contributed by atoms with E-state index in [1.807, 2.05) is 59.5 Å². The maximum absolute atomic E-state index is 14.8. The molecule has 0 bridgehead atoms. The van der Waals surface area contributed by atoms with Gasteiger partial charge in [-0.1, -0.05) is 66.7 Å². The molecule has 1 spiro atoms. The molecule has 3 aliphatic rings. The molecule has 1 aliphatic carbocycles. The van der Waals surface area contributed by atoms with E-state index in [0.29, 0.717) is 33.8 Å². The number of benzene rings is 4. The molecule has 7 rings (SSSR count). The lowest BCUT2D eigenvalue weighted by atomic mass is 9.64. The van der Waals surface area contributed by atoms with Crippen molar-refractivity contribution < 1.29 is 28.7 Å². The van der Waals surface area contributed by atoms with E-state index in [9.17, 15) is 19.2 Å². The minimum Gasteiger partial charge on any atom is -0.497 e. The minimum absolute atomic E-state index is 0.259. The fraction of sp³-hybridized carbons (Fsp3) is 0.167. The largest absolute Gasteiger partial charge is 0.497 e. The molecule has 1 unspecified atom stereocenters. The van der Waals surface area contributed by atoms with E-state index in [0.717, 1.165) is 11.3 Å². The summed E-state index contributed by atoms with van der Waals surface area (Å²) in [5.74, 6) is -1.28. The van der Waals surface area contributed by atoms with Gasteiger partial charge in [-0.15, -0.1) is 0 Å². The first-order valence-corrected chi connectivity index (χ1v) is 14.1. The molecule has 0 saturated carbocycles. The fourth-order valence-corrected chi connectivity index (χ4v) is 7.15. The van der Waals surface area contributed by atoms with Crippen molar-refractivity contribution in [3.05, 3.63) is 131 Å². The number of rotatable bonds is 5. The summed E-state index contributed by atoms with van der Waals surface area (Å²) >= 11 is 0. The zero-order valence-electron chi connectivity index (χ0n) is 23.5. The molecule has 7 nitrogen and oxygen atoms in total. The first kappa shape index (κ1) is 26.6. The predicted molar refractivity (Wildman–Crippen MR) is 161 cm³/mol. The number of hydrogen-bond donors (Lipinski definition) is 0.